The van der Waals surface area contributed by atoms with Crippen LogP contribution in [-0.4, -0.2) is 0 Å². The second-order valence-electron chi connectivity index (χ2n) is 4.12. The number of nitrogens with zero attached hydrogens (tertiary/aromatic N) is 1. The van der Waals surface area contributed by atoms with Crippen molar-refractivity contribution in [3.63, 3.8) is 0 Å². The summed E-state index contributed by atoms with van der Waals surface area (Å²) in [6.45, 7) is 2.25. The molecule has 2 aromatic carbocycles. The van der Waals surface area contributed by atoms with Gasteiger partial charge in [0.1, 0.15) is 24.2 Å². The highest BCUT2D eigenvalue weighted by molar-refractivity contribution is 9.10. The summed E-state index contributed by atoms with van der Waals surface area (Å²) < 4.78 is 19.8. The molecule has 0 heterocycles. The second kappa shape index (κ2) is 5.85. The number of nitriles is 1. The van der Waals surface area contributed by atoms with E-state index in [1.807, 2.05) is 31.2 Å². The number of aryl methyl sites for hydroxylation is 1. The van der Waals surface area contributed by atoms with E-state index in [2.05, 4.69) is 15.9 Å². The van der Waals surface area contributed by atoms with Gasteiger partial charge in [-0.1, -0.05) is 28.1 Å². The van der Waals surface area contributed by atoms with Gasteiger partial charge in [-0.15, -0.1) is 0 Å². The maximum Gasteiger partial charge on any atom is 0.140 e. The molecular formula is C15H11BrFNO. The molecule has 0 aliphatic heterocycles. The minimum absolute atomic E-state index is 0.0343. The van der Waals surface area contributed by atoms with E-state index >= 15 is 0 Å². The number of halogens is 2. The van der Waals surface area contributed by atoms with Gasteiger partial charge in [0.15, 0.2) is 0 Å². The fourth-order valence-electron chi connectivity index (χ4n) is 1.64. The lowest BCUT2D eigenvalue weighted by molar-refractivity contribution is 0.303. The topological polar surface area (TPSA) is 33.0 Å². The summed E-state index contributed by atoms with van der Waals surface area (Å²) in [5, 5.41) is 8.77. The Morgan fingerprint density at radius 2 is 2.05 bits per heavy atom. The molecule has 0 N–H and O–H groups in total. The third kappa shape index (κ3) is 3.33. The van der Waals surface area contributed by atoms with Gasteiger partial charge >= 0.3 is 0 Å². The van der Waals surface area contributed by atoms with E-state index in [-0.39, 0.29) is 5.56 Å². The fourth-order valence-corrected chi connectivity index (χ4v) is 1.98. The normalized spacial score (nSPS) is 10.0. The molecule has 0 aliphatic carbocycles. The van der Waals surface area contributed by atoms with Gasteiger partial charge in [0, 0.05) is 4.47 Å². The van der Waals surface area contributed by atoms with Crippen molar-refractivity contribution in [2.45, 2.75) is 13.5 Å². The molecule has 0 saturated heterocycles. The van der Waals surface area contributed by atoms with Gasteiger partial charge in [0.05, 0.1) is 5.56 Å². The van der Waals surface area contributed by atoms with Crippen molar-refractivity contribution in [3.8, 4) is 11.8 Å². The maximum atomic E-state index is 13.2. The molecule has 0 atom stereocenters. The highest BCUT2D eigenvalue weighted by atomic mass is 79.9. The molecule has 2 aromatic rings. The number of hydrogen-bond acceptors (Lipinski definition) is 2. The number of rotatable bonds is 3. The van der Waals surface area contributed by atoms with E-state index < -0.39 is 5.82 Å². The first-order valence-electron chi connectivity index (χ1n) is 5.67. The molecule has 0 bridgehead atoms. The van der Waals surface area contributed by atoms with E-state index in [1.165, 1.54) is 12.1 Å². The summed E-state index contributed by atoms with van der Waals surface area (Å²) in [4.78, 5) is 0. The molecule has 0 aromatic heterocycles. The molecule has 0 spiro atoms. The van der Waals surface area contributed by atoms with Gasteiger partial charge in [0.25, 0.3) is 0 Å². The van der Waals surface area contributed by atoms with E-state index in [0.717, 1.165) is 21.3 Å². The maximum absolute atomic E-state index is 13.2. The van der Waals surface area contributed by atoms with E-state index in [9.17, 15) is 4.39 Å². The summed E-state index contributed by atoms with van der Waals surface area (Å²) in [7, 11) is 0. The molecule has 0 amide bonds. The van der Waals surface area contributed by atoms with Crippen LogP contribution in [0, 0.1) is 24.1 Å². The summed E-state index contributed by atoms with van der Waals surface area (Å²) in [5.41, 5.74) is 1.82. The Hall–Kier alpha value is -1.86. The van der Waals surface area contributed by atoms with Crippen LogP contribution in [0.15, 0.2) is 40.9 Å². The Morgan fingerprint density at radius 3 is 2.79 bits per heavy atom. The Balaban J connectivity index is 2.15. The number of benzene rings is 2. The lowest BCUT2D eigenvalue weighted by atomic mass is 10.1. The molecule has 0 unspecified atom stereocenters. The van der Waals surface area contributed by atoms with E-state index in [1.54, 1.807) is 6.07 Å². The highest BCUT2D eigenvalue weighted by Gasteiger charge is 2.05. The predicted octanol–water partition coefficient (Wildman–Crippen LogP) is 4.35. The molecule has 0 radical (unpaired) electrons. The van der Waals surface area contributed by atoms with Crippen molar-refractivity contribution < 1.29 is 9.13 Å². The lowest BCUT2D eigenvalue weighted by Gasteiger charge is -2.10. The van der Waals surface area contributed by atoms with Gasteiger partial charge in [-0.2, -0.15) is 5.26 Å². The van der Waals surface area contributed by atoms with Crippen LogP contribution in [0.1, 0.15) is 16.7 Å². The first kappa shape index (κ1) is 13.6. The molecule has 2 nitrogen and oxygen atoms in total. The van der Waals surface area contributed by atoms with Gasteiger partial charge in [-0.3, -0.25) is 0 Å². The van der Waals surface area contributed by atoms with Crippen LogP contribution in [0.2, 0.25) is 0 Å². The van der Waals surface area contributed by atoms with Crippen LogP contribution in [0.25, 0.3) is 0 Å². The van der Waals surface area contributed by atoms with Crippen LogP contribution in [0.3, 0.4) is 0 Å². The zero-order valence-corrected chi connectivity index (χ0v) is 11.9. The third-order valence-electron chi connectivity index (χ3n) is 2.70. The second-order valence-corrected chi connectivity index (χ2v) is 5.04. The first-order valence-corrected chi connectivity index (χ1v) is 6.47. The molecule has 0 fully saturated rings. The van der Waals surface area contributed by atoms with Crippen molar-refractivity contribution in [2.75, 3.05) is 0 Å². The molecule has 96 valence electrons. The summed E-state index contributed by atoms with van der Waals surface area (Å²) in [5.74, 6) is 0.252. The first-order chi connectivity index (χ1) is 9.10. The SMILES string of the molecule is Cc1ccc(Br)cc1OCc1ccc(F)c(C#N)c1. The Labute approximate surface area is 119 Å². The van der Waals surface area contributed by atoms with Crippen LogP contribution in [0.5, 0.6) is 5.75 Å². The zero-order valence-electron chi connectivity index (χ0n) is 10.3. The Bertz CT molecular complexity index is 649. The van der Waals surface area contributed by atoms with Gasteiger partial charge in [-0.05, 0) is 42.3 Å². The fraction of sp³-hybridized carbons (Fsp3) is 0.133. The van der Waals surface area contributed by atoms with Crippen molar-refractivity contribution in [2.24, 2.45) is 0 Å². The highest BCUT2D eigenvalue weighted by Crippen LogP contribution is 2.24. The Kier molecular flexibility index (Phi) is 4.18. The molecular weight excluding hydrogens is 309 g/mol. The van der Waals surface area contributed by atoms with Crippen LogP contribution in [0.4, 0.5) is 4.39 Å². The van der Waals surface area contributed by atoms with Gasteiger partial charge in [0.2, 0.25) is 0 Å². The number of ether oxygens (including phenoxy) is 1. The molecule has 0 aliphatic rings. The smallest absolute Gasteiger partial charge is 0.140 e. The summed E-state index contributed by atoms with van der Waals surface area (Å²) in [6.07, 6.45) is 0. The predicted molar refractivity (Wildman–Crippen MR) is 74.3 cm³/mol. The molecule has 19 heavy (non-hydrogen) atoms. The zero-order chi connectivity index (χ0) is 13.8. The lowest BCUT2D eigenvalue weighted by Crippen LogP contribution is -1.98. The summed E-state index contributed by atoms with van der Waals surface area (Å²) in [6, 6.07) is 12.0. The molecule has 0 saturated carbocycles. The van der Waals surface area contributed by atoms with Crippen LogP contribution >= 0.6 is 15.9 Å². The van der Waals surface area contributed by atoms with E-state index in [0.29, 0.717) is 6.61 Å². The third-order valence-corrected chi connectivity index (χ3v) is 3.19. The average molecular weight is 320 g/mol. The van der Waals surface area contributed by atoms with Crippen molar-refractivity contribution in [3.05, 3.63) is 63.4 Å². The number of hydrogen-bond donors (Lipinski definition) is 0. The summed E-state index contributed by atoms with van der Waals surface area (Å²) >= 11 is 3.38. The van der Waals surface area contributed by atoms with Crippen LogP contribution in [-0.2, 0) is 6.61 Å². The molecule has 2 rings (SSSR count). The van der Waals surface area contributed by atoms with Gasteiger partial charge < -0.3 is 4.74 Å². The minimum Gasteiger partial charge on any atom is -0.489 e. The standard InChI is InChI=1S/C15H11BrFNO/c1-10-2-4-13(16)7-15(10)19-9-11-3-5-14(17)12(6-11)8-18/h2-7H,9H2,1H3. The van der Waals surface area contributed by atoms with Gasteiger partial charge in [-0.25, -0.2) is 4.39 Å². The quantitative estimate of drug-likeness (QED) is 0.842. The van der Waals surface area contributed by atoms with Crippen molar-refractivity contribution in [1.29, 1.82) is 5.26 Å². The van der Waals surface area contributed by atoms with Crippen molar-refractivity contribution in [1.82, 2.24) is 0 Å². The van der Waals surface area contributed by atoms with Crippen molar-refractivity contribution >= 4 is 15.9 Å². The monoisotopic (exact) mass is 319 g/mol. The largest absolute Gasteiger partial charge is 0.489 e. The van der Waals surface area contributed by atoms with E-state index in [4.69, 9.17) is 10.00 Å². The Morgan fingerprint density at radius 1 is 1.26 bits per heavy atom. The molecule has 4 heteroatoms. The minimum atomic E-state index is -0.509. The van der Waals surface area contributed by atoms with Crippen LogP contribution < -0.4 is 4.74 Å². The average Bonchev–Trinajstić information content (AvgIpc) is 2.41.